The summed E-state index contributed by atoms with van der Waals surface area (Å²) in [6.07, 6.45) is 3.20. The van der Waals surface area contributed by atoms with Crippen molar-refractivity contribution in [2.24, 2.45) is 0 Å². The average Bonchev–Trinajstić information content (AvgIpc) is 2.38. The molecule has 0 fully saturated rings. The molecule has 1 aromatic heterocycles. The van der Waals surface area contributed by atoms with Crippen LogP contribution in [0.2, 0.25) is 0 Å². The Hall–Kier alpha value is -2.03. The monoisotopic (exact) mass is 229 g/mol. The predicted molar refractivity (Wildman–Crippen MR) is 64.3 cm³/mol. The van der Waals surface area contributed by atoms with Gasteiger partial charge < -0.3 is 0 Å². The van der Waals surface area contributed by atoms with Gasteiger partial charge in [-0.3, -0.25) is 9.78 Å². The van der Waals surface area contributed by atoms with E-state index in [0.717, 1.165) is 11.8 Å². The van der Waals surface area contributed by atoms with Crippen LogP contribution in [0.5, 0.6) is 0 Å². The maximum atomic E-state index is 13.0. The van der Waals surface area contributed by atoms with E-state index in [4.69, 9.17) is 0 Å². The molecule has 0 N–H and O–H groups in total. The maximum Gasteiger partial charge on any atom is 0.162 e. The van der Waals surface area contributed by atoms with Crippen molar-refractivity contribution < 1.29 is 9.18 Å². The van der Waals surface area contributed by atoms with E-state index in [-0.39, 0.29) is 11.6 Å². The Kier molecular flexibility index (Phi) is 3.28. The molecule has 2 aromatic rings. The third kappa shape index (κ3) is 2.56. The van der Waals surface area contributed by atoms with Crippen molar-refractivity contribution in [1.82, 2.24) is 4.98 Å². The van der Waals surface area contributed by atoms with Gasteiger partial charge in [-0.25, -0.2) is 4.39 Å². The highest BCUT2D eigenvalue weighted by Crippen LogP contribution is 2.20. The van der Waals surface area contributed by atoms with Crippen LogP contribution >= 0.6 is 0 Å². The molecule has 0 atom stereocenters. The lowest BCUT2D eigenvalue weighted by molar-refractivity contribution is 0.0988. The lowest BCUT2D eigenvalue weighted by Crippen LogP contribution is -1.96. The Morgan fingerprint density at radius 2 is 2.06 bits per heavy atom. The number of hydrogen-bond acceptors (Lipinski definition) is 2. The number of carbonyl (C=O) groups is 1. The van der Waals surface area contributed by atoms with Gasteiger partial charge in [0.1, 0.15) is 5.82 Å². The van der Waals surface area contributed by atoms with Crippen molar-refractivity contribution in [2.75, 3.05) is 0 Å². The van der Waals surface area contributed by atoms with Crippen molar-refractivity contribution in [2.45, 2.75) is 13.3 Å². The number of nitrogens with zero attached hydrogens (tertiary/aromatic N) is 1. The average molecular weight is 229 g/mol. The summed E-state index contributed by atoms with van der Waals surface area (Å²) in [5.74, 6) is -0.300. The first kappa shape index (κ1) is 11.5. The van der Waals surface area contributed by atoms with E-state index in [1.807, 2.05) is 13.0 Å². The van der Waals surface area contributed by atoms with Crippen molar-refractivity contribution in [3.8, 4) is 11.1 Å². The third-order valence-electron chi connectivity index (χ3n) is 2.54. The lowest BCUT2D eigenvalue weighted by atomic mass is 10.0. The highest BCUT2D eigenvalue weighted by atomic mass is 19.1. The van der Waals surface area contributed by atoms with Crippen LogP contribution in [0.4, 0.5) is 4.39 Å². The van der Waals surface area contributed by atoms with Crippen LogP contribution in [-0.4, -0.2) is 10.8 Å². The summed E-state index contributed by atoms with van der Waals surface area (Å²) >= 11 is 0. The summed E-state index contributed by atoms with van der Waals surface area (Å²) in [5, 5.41) is 0. The lowest BCUT2D eigenvalue weighted by Gasteiger charge is -2.03. The zero-order valence-corrected chi connectivity index (χ0v) is 9.48. The molecular formula is C14H12FNO. The molecule has 0 aliphatic rings. The number of Topliss-reactive ketones (excluding diaryl/α,β-unsaturated/α-hetero) is 1. The van der Waals surface area contributed by atoms with Gasteiger partial charge in [-0.15, -0.1) is 0 Å². The molecule has 0 aliphatic carbocycles. The Morgan fingerprint density at radius 1 is 1.24 bits per heavy atom. The van der Waals surface area contributed by atoms with E-state index < -0.39 is 0 Å². The van der Waals surface area contributed by atoms with Gasteiger partial charge in [-0.2, -0.15) is 0 Å². The molecule has 1 aromatic carbocycles. The van der Waals surface area contributed by atoms with Gasteiger partial charge in [0, 0.05) is 23.7 Å². The minimum atomic E-state index is -0.380. The summed E-state index contributed by atoms with van der Waals surface area (Å²) in [5.41, 5.74) is 2.13. The van der Waals surface area contributed by atoms with Gasteiger partial charge in [-0.1, -0.05) is 25.1 Å². The zero-order valence-electron chi connectivity index (χ0n) is 9.48. The number of halogens is 1. The van der Waals surface area contributed by atoms with Gasteiger partial charge in [0.2, 0.25) is 0 Å². The first-order chi connectivity index (χ1) is 8.20. The van der Waals surface area contributed by atoms with E-state index in [1.165, 1.54) is 6.07 Å². The van der Waals surface area contributed by atoms with E-state index in [1.54, 1.807) is 24.4 Å². The molecule has 2 nitrogen and oxygen atoms in total. The minimum absolute atomic E-state index is 0.0798. The molecule has 0 radical (unpaired) electrons. The molecule has 0 amide bonds. The summed E-state index contributed by atoms with van der Waals surface area (Å²) in [7, 11) is 0. The number of hydrogen-bond donors (Lipinski definition) is 0. The Bertz CT molecular complexity index is 551. The second kappa shape index (κ2) is 4.87. The van der Waals surface area contributed by atoms with Gasteiger partial charge in [-0.05, 0) is 17.7 Å². The largest absolute Gasteiger partial charge is 0.294 e. The number of aromatic nitrogens is 1. The fraction of sp³-hybridized carbons (Fsp3) is 0.143. The van der Waals surface area contributed by atoms with Crippen LogP contribution in [-0.2, 0) is 0 Å². The summed E-state index contributed by atoms with van der Waals surface area (Å²) in [6.45, 7) is 1.82. The zero-order chi connectivity index (χ0) is 12.3. The fourth-order valence-electron chi connectivity index (χ4n) is 1.65. The van der Waals surface area contributed by atoms with E-state index in [0.29, 0.717) is 17.5 Å². The van der Waals surface area contributed by atoms with E-state index >= 15 is 0 Å². The second-order valence-electron chi connectivity index (χ2n) is 3.75. The van der Waals surface area contributed by atoms with Crippen molar-refractivity contribution in [3.63, 3.8) is 0 Å². The van der Waals surface area contributed by atoms with Crippen LogP contribution in [0.25, 0.3) is 11.1 Å². The molecular weight excluding hydrogens is 217 g/mol. The molecule has 0 spiro atoms. The Morgan fingerprint density at radius 3 is 2.76 bits per heavy atom. The fourth-order valence-corrected chi connectivity index (χ4v) is 1.65. The topological polar surface area (TPSA) is 30.0 Å². The molecule has 17 heavy (non-hydrogen) atoms. The van der Waals surface area contributed by atoms with Crippen molar-refractivity contribution in [3.05, 3.63) is 54.1 Å². The highest BCUT2D eigenvalue weighted by molar-refractivity contribution is 5.96. The van der Waals surface area contributed by atoms with Crippen molar-refractivity contribution >= 4 is 5.78 Å². The first-order valence-corrected chi connectivity index (χ1v) is 5.45. The molecule has 2 rings (SSSR count). The standard InChI is InChI=1S/C14H12FNO/c1-2-14(17)11-5-3-4-10(6-11)12-7-13(15)9-16-8-12/h3-9H,2H2,1H3. The van der Waals surface area contributed by atoms with Crippen LogP contribution < -0.4 is 0 Å². The number of rotatable bonds is 3. The molecule has 0 bridgehead atoms. The van der Waals surface area contributed by atoms with Gasteiger partial charge >= 0.3 is 0 Å². The highest BCUT2D eigenvalue weighted by Gasteiger charge is 2.05. The Labute approximate surface area is 99.1 Å². The Balaban J connectivity index is 2.43. The third-order valence-corrected chi connectivity index (χ3v) is 2.54. The smallest absolute Gasteiger partial charge is 0.162 e. The van der Waals surface area contributed by atoms with Crippen LogP contribution in [0.3, 0.4) is 0 Å². The molecule has 0 aliphatic heterocycles. The quantitative estimate of drug-likeness (QED) is 0.754. The normalized spacial score (nSPS) is 10.2. The summed E-state index contributed by atoms with van der Waals surface area (Å²) in [4.78, 5) is 15.4. The number of pyridine rings is 1. The van der Waals surface area contributed by atoms with Gasteiger partial charge in [0.05, 0.1) is 6.20 Å². The number of ketones is 1. The maximum absolute atomic E-state index is 13.0. The number of benzene rings is 1. The summed E-state index contributed by atoms with van der Waals surface area (Å²) < 4.78 is 13.0. The predicted octanol–water partition coefficient (Wildman–Crippen LogP) is 3.48. The summed E-state index contributed by atoms with van der Waals surface area (Å²) in [6, 6.07) is 8.57. The molecule has 0 saturated carbocycles. The van der Waals surface area contributed by atoms with E-state index in [2.05, 4.69) is 4.98 Å². The molecule has 86 valence electrons. The SMILES string of the molecule is CCC(=O)c1cccc(-c2cncc(F)c2)c1. The number of carbonyl (C=O) groups excluding carboxylic acids is 1. The van der Waals surface area contributed by atoms with Crippen molar-refractivity contribution in [1.29, 1.82) is 0 Å². The molecule has 1 heterocycles. The van der Waals surface area contributed by atoms with Crippen LogP contribution in [0.1, 0.15) is 23.7 Å². The minimum Gasteiger partial charge on any atom is -0.294 e. The van der Waals surface area contributed by atoms with Crippen LogP contribution in [0, 0.1) is 5.82 Å². The van der Waals surface area contributed by atoms with E-state index in [9.17, 15) is 9.18 Å². The van der Waals surface area contributed by atoms with Crippen LogP contribution in [0.15, 0.2) is 42.7 Å². The van der Waals surface area contributed by atoms with Gasteiger partial charge in [0.25, 0.3) is 0 Å². The first-order valence-electron chi connectivity index (χ1n) is 5.45. The molecule has 3 heteroatoms. The molecule has 0 unspecified atom stereocenters. The van der Waals surface area contributed by atoms with Gasteiger partial charge in [0.15, 0.2) is 5.78 Å². The second-order valence-corrected chi connectivity index (χ2v) is 3.75. The molecule has 0 saturated heterocycles.